The Labute approximate surface area is 40.3 Å². The summed E-state index contributed by atoms with van der Waals surface area (Å²) < 4.78 is 11.4. The first kappa shape index (κ1) is 6.14. The molecule has 0 fully saturated rings. The maximum Gasteiger partial charge on any atom is 0.330 e. The number of allylic oxidation sites excluding steroid dienone is 1. The Morgan fingerprint density at radius 2 is 2.29 bits per heavy atom. The van der Waals surface area contributed by atoms with E-state index in [9.17, 15) is 9.18 Å². The van der Waals surface area contributed by atoms with Crippen LogP contribution in [0.4, 0.5) is 4.39 Å². The Morgan fingerprint density at radius 3 is 2.29 bits per heavy atom. The van der Waals surface area contributed by atoms with Crippen LogP contribution >= 0.6 is 0 Å². The molecule has 1 N–H and O–H groups in total. The summed E-state index contributed by atoms with van der Waals surface area (Å²) in [6, 6.07) is 0. The molecule has 0 rings (SSSR count). The second kappa shape index (κ2) is 2.34. The summed E-state index contributed by atoms with van der Waals surface area (Å²) in [5.74, 6) is -1.94. The molecule has 0 saturated heterocycles. The third-order valence-electron chi connectivity index (χ3n) is 0.322. The Hall–Kier alpha value is -0.860. The molecule has 2 nitrogen and oxygen atoms in total. The van der Waals surface area contributed by atoms with E-state index in [0.717, 1.165) is 6.92 Å². The van der Waals surface area contributed by atoms with E-state index in [1.165, 1.54) is 0 Å². The van der Waals surface area contributed by atoms with E-state index in [0.29, 0.717) is 6.08 Å². The van der Waals surface area contributed by atoms with E-state index < -0.39 is 11.8 Å². The van der Waals surface area contributed by atoms with Gasteiger partial charge < -0.3 is 5.11 Å². The third-order valence-corrected chi connectivity index (χ3v) is 0.322. The number of hydrogen-bond donors (Lipinski definition) is 1. The number of hydrogen-bond acceptors (Lipinski definition) is 1. The van der Waals surface area contributed by atoms with Crippen molar-refractivity contribution < 1.29 is 14.3 Å². The lowest BCUT2D eigenvalue weighted by atomic mass is 10.5. The number of halogens is 1. The molecule has 0 aromatic rings. The van der Waals surface area contributed by atoms with Gasteiger partial charge in [-0.3, -0.25) is 0 Å². The highest BCUT2D eigenvalue weighted by atomic mass is 19.1. The SMILES string of the molecule is C/C(F)=C\C(=O)O. The normalized spacial score (nSPS) is 11.4. The van der Waals surface area contributed by atoms with Crippen molar-refractivity contribution in [3.63, 3.8) is 0 Å². The topological polar surface area (TPSA) is 37.3 Å². The molecule has 0 saturated carbocycles. The summed E-state index contributed by atoms with van der Waals surface area (Å²) >= 11 is 0. The van der Waals surface area contributed by atoms with Crippen molar-refractivity contribution in [1.29, 1.82) is 0 Å². The molecule has 0 aliphatic heterocycles. The van der Waals surface area contributed by atoms with Crippen molar-refractivity contribution in [2.24, 2.45) is 0 Å². The first-order chi connectivity index (χ1) is 3.13. The van der Waals surface area contributed by atoms with E-state index >= 15 is 0 Å². The fourth-order valence-electron chi connectivity index (χ4n) is 0.170. The Morgan fingerprint density at radius 1 is 1.86 bits per heavy atom. The minimum absolute atomic E-state index is 0.500. The first-order valence-electron chi connectivity index (χ1n) is 1.69. The molecule has 40 valence electrons. The maximum atomic E-state index is 11.4. The summed E-state index contributed by atoms with van der Waals surface area (Å²) in [4.78, 5) is 9.49. The molecule has 0 aliphatic carbocycles. The fourth-order valence-corrected chi connectivity index (χ4v) is 0.170. The van der Waals surface area contributed by atoms with Crippen LogP contribution in [0.1, 0.15) is 6.92 Å². The van der Waals surface area contributed by atoms with Gasteiger partial charge in [-0.25, -0.2) is 9.18 Å². The molecule has 0 atom stereocenters. The second-order valence-corrected chi connectivity index (χ2v) is 1.07. The quantitative estimate of drug-likeness (QED) is 0.503. The number of rotatable bonds is 1. The van der Waals surface area contributed by atoms with E-state index in [1.54, 1.807) is 0 Å². The van der Waals surface area contributed by atoms with Crippen molar-refractivity contribution in [1.82, 2.24) is 0 Å². The Bertz CT molecular complexity index is 102. The van der Waals surface area contributed by atoms with Crippen molar-refractivity contribution >= 4 is 5.97 Å². The van der Waals surface area contributed by atoms with Gasteiger partial charge in [-0.05, 0) is 6.92 Å². The van der Waals surface area contributed by atoms with Gasteiger partial charge in [-0.15, -0.1) is 0 Å². The molecule has 0 unspecified atom stereocenters. The standard InChI is InChI=1S/C4H5FO2/c1-3(5)2-4(6)7/h2H,1H3,(H,6,7)/b3-2+. The van der Waals surface area contributed by atoms with Gasteiger partial charge >= 0.3 is 5.97 Å². The van der Waals surface area contributed by atoms with Gasteiger partial charge in [0.05, 0.1) is 6.08 Å². The number of carbonyl (C=O) groups is 1. The van der Waals surface area contributed by atoms with Crippen LogP contribution < -0.4 is 0 Å². The van der Waals surface area contributed by atoms with Crippen molar-refractivity contribution in [3.8, 4) is 0 Å². The minimum atomic E-state index is -1.25. The molecule has 0 amide bonds. The molecular weight excluding hydrogens is 99.0 g/mol. The summed E-state index contributed by atoms with van der Waals surface area (Å²) in [6.07, 6.45) is 0.500. The number of carboxylic acids is 1. The largest absolute Gasteiger partial charge is 0.478 e. The molecule has 0 radical (unpaired) electrons. The Balaban J connectivity index is 3.68. The van der Waals surface area contributed by atoms with E-state index in [4.69, 9.17) is 5.11 Å². The second-order valence-electron chi connectivity index (χ2n) is 1.07. The molecule has 0 bridgehead atoms. The monoisotopic (exact) mass is 104 g/mol. The molecule has 7 heavy (non-hydrogen) atoms. The zero-order chi connectivity index (χ0) is 5.86. The van der Waals surface area contributed by atoms with Crippen LogP contribution in [0, 0.1) is 0 Å². The highest BCUT2D eigenvalue weighted by molar-refractivity contribution is 5.80. The van der Waals surface area contributed by atoms with Crippen LogP contribution in [-0.2, 0) is 4.79 Å². The molecule has 3 heteroatoms. The van der Waals surface area contributed by atoms with Gasteiger partial charge in [0.25, 0.3) is 0 Å². The van der Waals surface area contributed by atoms with Crippen LogP contribution in [-0.4, -0.2) is 11.1 Å². The van der Waals surface area contributed by atoms with Crippen molar-refractivity contribution in [2.75, 3.05) is 0 Å². The highest BCUT2D eigenvalue weighted by Gasteiger charge is 1.87. The summed E-state index contributed by atoms with van der Waals surface area (Å²) in [5.41, 5.74) is 0. The summed E-state index contributed by atoms with van der Waals surface area (Å²) in [7, 11) is 0. The number of aliphatic carboxylic acids is 1. The van der Waals surface area contributed by atoms with Gasteiger partial charge in [-0.1, -0.05) is 0 Å². The molecule has 0 aliphatic rings. The van der Waals surface area contributed by atoms with Crippen LogP contribution in [0.3, 0.4) is 0 Å². The predicted octanol–water partition coefficient (Wildman–Crippen LogP) is 0.944. The summed E-state index contributed by atoms with van der Waals surface area (Å²) in [5, 5.41) is 7.77. The zero-order valence-electron chi connectivity index (χ0n) is 3.81. The molecule has 0 spiro atoms. The fraction of sp³-hybridized carbons (Fsp3) is 0.250. The highest BCUT2D eigenvalue weighted by Crippen LogP contribution is 1.89. The van der Waals surface area contributed by atoms with Gasteiger partial charge in [0.2, 0.25) is 0 Å². The van der Waals surface area contributed by atoms with E-state index in [-0.39, 0.29) is 0 Å². The first-order valence-corrected chi connectivity index (χ1v) is 1.69. The maximum absolute atomic E-state index is 11.4. The van der Waals surface area contributed by atoms with Crippen molar-refractivity contribution in [3.05, 3.63) is 11.9 Å². The molecular formula is C4H5FO2. The zero-order valence-corrected chi connectivity index (χ0v) is 3.81. The van der Waals surface area contributed by atoms with Gasteiger partial charge in [0.1, 0.15) is 5.83 Å². The lowest BCUT2D eigenvalue weighted by Crippen LogP contribution is -1.86. The number of carboxylic acid groups (broad SMARTS) is 1. The van der Waals surface area contributed by atoms with Crippen LogP contribution in [0.15, 0.2) is 11.9 Å². The molecule has 0 heterocycles. The molecule has 0 aromatic carbocycles. The third kappa shape index (κ3) is 5.14. The average Bonchev–Trinajstić information content (AvgIpc) is 1.27. The Kier molecular flexibility index (Phi) is 2.05. The smallest absolute Gasteiger partial charge is 0.330 e. The lowest BCUT2D eigenvalue weighted by Gasteiger charge is -1.75. The average molecular weight is 104 g/mol. The summed E-state index contributed by atoms with van der Waals surface area (Å²) in [6.45, 7) is 1.08. The van der Waals surface area contributed by atoms with Crippen molar-refractivity contribution in [2.45, 2.75) is 6.92 Å². The van der Waals surface area contributed by atoms with Crippen LogP contribution in [0.25, 0.3) is 0 Å². The molecule has 0 aromatic heterocycles. The van der Waals surface area contributed by atoms with Gasteiger partial charge in [-0.2, -0.15) is 0 Å². The lowest BCUT2D eigenvalue weighted by molar-refractivity contribution is -0.131. The van der Waals surface area contributed by atoms with Gasteiger partial charge in [0.15, 0.2) is 0 Å². The van der Waals surface area contributed by atoms with Crippen LogP contribution in [0.5, 0.6) is 0 Å². The minimum Gasteiger partial charge on any atom is -0.478 e. The predicted molar refractivity (Wildman–Crippen MR) is 22.5 cm³/mol. The van der Waals surface area contributed by atoms with E-state index in [1.807, 2.05) is 0 Å². The van der Waals surface area contributed by atoms with E-state index in [2.05, 4.69) is 0 Å². The van der Waals surface area contributed by atoms with Gasteiger partial charge in [0, 0.05) is 0 Å². The van der Waals surface area contributed by atoms with Crippen LogP contribution in [0.2, 0.25) is 0 Å².